The third-order valence-corrected chi connectivity index (χ3v) is 3.69. The molecule has 0 spiro atoms. The topological polar surface area (TPSA) is 38.3 Å². The molecular formula is C16H25NO2. The summed E-state index contributed by atoms with van der Waals surface area (Å²) in [5, 5.41) is 3.35. The van der Waals surface area contributed by atoms with Crippen LogP contribution in [0.1, 0.15) is 48.6 Å². The van der Waals surface area contributed by atoms with Gasteiger partial charge in [0.05, 0.1) is 7.11 Å². The minimum absolute atomic E-state index is 0.230. The monoisotopic (exact) mass is 263 g/mol. The second-order valence-electron chi connectivity index (χ2n) is 5.23. The highest BCUT2D eigenvalue weighted by molar-refractivity contribution is 5.78. The molecule has 0 aliphatic carbocycles. The Kier molecular flexibility index (Phi) is 5.55. The van der Waals surface area contributed by atoms with Crippen molar-refractivity contribution < 1.29 is 9.53 Å². The highest BCUT2D eigenvalue weighted by atomic mass is 16.5. The quantitative estimate of drug-likeness (QED) is 0.829. The van der Waals surface area contributed by atoms with Gasteiger partial charge in [-0.15, -0.1) is 0 Å². The van der Waals surface area contributed by atoms with Gasteiger partial charge in [-0.2, -0.15) is 0 Å². The van der Waals surface area contributed by atoms with Crippen LogP contribution in [-0.4, -0.2) is 19.1 Å². The largest absolute Gasteiger partial charge is 0.468 e. The Labute approximate surface area is 116 Å². The molecule has 1 aromatic rings. The van der Waals surface area contributed by atoms with E-state index in [0.717, 1.165) is 17.5 Å². The van der Waals surface area contributed by atoms with Gasteiger partial charge in [0.25, 0.3) is 0 Å². The van der Waals surface area contributed by atoms with Crippen LogP contribution in [0.5, 0.6) is 0 Å². The molecule has 0 saturated heterocycles. The standard InChI is InChI=1S/C16H25NO2/c1-7-13(5)17-15(16(18)19-6)14-9-11(3)10(2)8-12(14)4/h8-9,13,15,17H,7H2,1-6H3. The Balaban J connectivity index is 3.17. The van der Waals surface area contributed by atoms with Crippen molar-refractivity contribution in [3.8, 4) is 0 Å². The van der Waals surface area contributed by atoms with E-state index in [1.165, 1.54) is 18.2 Å². The number of hydrogen-bond acceptors (Lipinski definition) is 3. The first kappa shape index (κ1) is 15.7. The predicted molar refractivity (Wildman–Crippen MR) is 78.3 cm³/mol. The third-order valence-electron chi connectivity index (χ3n) is 3.69. The molecule has 0 fully saturated rings. The van der Waals surface area contributed by atoms with Crippen LogP contribution in [0.3, 0.4) is 0 Å². The zero-order valence-electron chi connectivity index (χ0n) is 12.8. The van der Waals surface area contributed by atoms with Crippen molar-refractivity contribution in [1.29, 1.82) is 0 Å². The van der Waals surface area contributed by atoms with Crippen molar-refractivity contribution in [2.24, 2.45) is 0 Å². The van der Waals surface area contributed by atoms with Gasteiger partial charge in [0.1, 0.15) is 6.04 Å². The zero-order chi connectivity index (χ0) is 14.6. The fraction of sp³-hybridized carbons (Fsp3) is 0.562. The lowest BCUT2D eigenvalue weighted by Gasteiger charge is -2.23. The van der Waals surface area contributed by atoms with E-state index in [9.17, 15) is 4.79 Å². The molecule has 3 nitrogen and oxygen atoms in total. The minimum atomic E-state index is -0.390. The number of carbonyl (C=O) groups is 1. The summed E-state index contributed by atoms with van der Waals surface area (Å²) in [6.07, 6.45) is 0.970. The van der Waals surface area contributed by atoms with E-state index in [1.54, 1.807) is 0 Å². The molecule has 1 rings (SSSR count). The molecule has 0 radical (unpaired) electrons. The van der Waals surface area contributed by atoms with Crippen LogP contribution in [0.25, 0.3) is 0 Å². The van der Waals surface area contributed by atoms with Crippen LogP contribution in [-0.2, 0) is 9.53 Å². The summed E-state index contributed by atoms with van der Waals surface area (Å²) in [6.45, 7) is 10.4. The van der Waals surface area contributed by atoms with Crippen LogP contribution in [0.15, 0.2) is 12.1 Å². The smallest absolute Gasteiger partial charge is 0.327 e. The molecule has 0 aliphatic heterocycles. The number of ether oxygens (including phenoxy) is 1. The summed E-state index contributed by atoms with van der Waals surface area (Å²) in [7, 11) is 1.43. The Bertz CT molecular complexity index is 454. The Morgan fingerprint density at radius 3 is 2.32 bits per heavy atom. The Morgan fingerprint density at radius 2 is 1.79 bits per heavy atom. The maximum absolute atomic E-state index is 12.0. The molecule has 19 heavy (non-hydrogen) atoms. The molecule has 1 N–H and O–H groups in total. The number of nitrogens with one attached hydrogen (secondary N) is 1. The summed E-state index contributed by atoms with van der Waals surface area (Å²) in [6, 6.07) is 4.09. The predicted octanol–water partition coefficient (Wildman–Crippen LogP) is 3.21. The average Bonchev–Trinajstić information content (AvgIpc) is 2.39. The maximum atomic E-state index is 12.0. The lowest BCUT2D eigenvalue weighted by molar-refractivity contribution is -0.143. The lowest BCUT2D eigenvalue weighted by atomic mass is 9.95. The number of benzene rings is 1. The summed E-state index contributed by atoms with van der Waals surface area (Å²) < 4.78 is 4.94. The summed E-state index contributed by atoms with van der Waals surface area (Å²) in [5.74, 6) is -0.230. The van der Waals surface area contributed by atoms with Crippen LogP contribution in [0.4, 0.5) is 0 Å². The van der Waals surface area contributed by atoms with Crippen LogP contribution in [0.2, 0.25) is 0 Å². The van der Waals surface area contributed by atoms with Crippen molar-refractivity contribution in [1.82, 2.24) is 5.32 Å². The van der Waals surface area contributed by atoms with Crippen LogP contribution < -0.4 is 5.32 Å². The molecule has 2 unspecified atom stereocenters. The van der Waals surface area contributed by atoms with Gasteiger partial charge in [0.2, 0.25) is 0 Å². The fourth-order valence-corrected chi connectivity index (χ4v) is 2.10. The highest BCUT2D eigenvalue weighted by Gasteiger charge is 2.24. The van der Waals surface area contributed by atoms with Gasteiger partial charge in [0.15, 0.2) is 0 Å². The summed E-state index contributed by atoms with van der Waals surface area (Å²) >= 11 is 0. The molecule has 3 heteroatoms. The van der Waals surface area contributed by atoms with E-state index in [4.69, 9.17) is 4.74 Å². The first-order chi connectivity index (χ1) is 8.90. The van der Waals surface area contributed by atoms with Gasteiger partial charge in [-0.3, -0.25) is 5.32 Å². The second-order valence-corrected chi connectivity index (χ2v) is 5.23. The SMILES string of the molecule is CCC(C)NC(C(=O)OC)c1cc(C)c(C)cc1C. The van der Waals surface area contributed by atoms with Crippen molar-refractivity contribution in [2.45, 2.75) is 53.1 Å². The van der Waals surface area contributed by atoms with Gasteiger partial charge >= 0.3 is 5.97 Å². The number of aryl methyl sites for hydroxylation is 3. The van der Waals surface area contributed by atoms with Crippen molar-refractivity contribution in [3.63, 3.8) is 0 Å². The number of carbonyl (C=O) groups excluding carboxylic acids is 1. The van der Waals surface area contributed by atoms with Gasteiger partial charge < -0.3 is 4.74 Å². The highest BCUT2D eigenvalue weighted by Crippen LogP contribution is 2.23. The first-order valence-corrected chi connectivity index (χ1v) is 6.82. The van der Waals surface area contributed by atoms with E-state index < -0.39 is 0 Å². The second kappa shape index (κ2) is 6.71. The van der Waals surface area contributed by atoms with Crippen LogP contribution in [0, 0.1) is 20.8 Å². The third kappa shape index (κ3) is 3.80. The molecule has 0 amide bonds. The van der Waals surface area contributed by atoms with Crippen LogP contribution >= 0.6 is 0 Å². The molecule has 2 atom stereocenters. The number of hydrogen-bond donors (Lipinski definition) is 1. The molecule has 0 saturated carbocycles. The van der Waals surface area contributed by atoms with E-state index in [2.05, 4.69) is 45.1 Å². The van der Waals surface area contributed by atoms with Gasteiger partial charge in [-0.25, -0.2) is 4.79 Å². The molecule has 0 heterocycles. The number of esters is 1. The van der Waals surface area contributed by atoms with E-state index in [-0.39, 0.29) is 18.1 Å². The molecule has 1 aromatic carbocycles. The maximum Gasteiger partial charge on any atom is 0.327 e. The summed E-state index contributed by atoms with van der Waals surface area (Å²) in [5.41, 5.74) is 4.57. The Hall–Kier alpha value is -1.35. The molecule has 0 aromatic heterocycles. The molecule has 0 aliphatic rings. The van der Waals surface area contributed by atoms with Gasteiger partial charge in [-0.1, -0.05) is 19.1 Å². The lowest BCUT2D eigenvalue weighted by Crippen LogP contribution is -2.36. The van der Waals surface area contributed by atoms with Crippen molar-refractivity contribution in [2.75, 3.05) is 7.11 Å². The molecule has 0 bridgehead atoms. The number of methoxy groups -OCH3 is 1. The van der Waals surface area contributed by atoms with Gasteiger partial charge in [-0.05, 0) is 56.4 Å². The average molecular weight is 263 g/mol. The Morgan fingerprint density at radius 1 is 1.21 bits per heavy atom. The zero-order valence-corrected chi connectivity index (χ0v) is 12.8. The fourth-order valence-electron chi connectivity index (χ4n) is 2.10. The van der Waals surface area contributed by atoms with E-state index in [0.29, 0.717) is 0 Å². The normalized spacial score (nSPS) is 14.0. The minimum Gasteiger partial charge on any atom is -0.468 e. The van der Waals surface area contributed by atoms with Gasteiger partial charge in [0, 0.05) is 6.04 Å². The first-order valence-electron chi connectivity index (χ1n) is 6.82. The van der Waals surface area contributed by atoms with Crippen molar-refractivity contribution in [3.05, 3.63) is 34.4 Å². The number of rotatable bonds is 5. The summed E-state index contributed by atoms with van der Waals surface area (Å²) in [4.78, 5) is 12.0. The van der Waals surface area contributed by atoms with E-state index in [1.807, 2.05) is 6.92 Å². The van der Waals surface area contributed by atoms with Crippen molar-refractivity contribution >= 4 is 5.97 Å². The van der Waals surface area contributed by atoms with E-state index >= 15 is 0 Å². The molecular weight excluding hydrogens is 238 g/mol. The molecule has 106 valence electrons.